The van der Waals surface area contributed by atoms with Gasteiger partial charge in [0, 0.05) is 42.4 Å². The lowest BCUT2D eigenvalue weighted by Gasteiger charge is -2.49. The van der Waals surface area contributed by atoms with Crippen molar-refractivity contribution in [3.63, 3.8) is 0 Å². The first-order valence-electron chi connectivity index (χ1n) is 12.1. The minimum atomic E-state index is -1.01. The number of carboxylic acids is 1. The van der Waals surface area contributed by atoms with Crippen molar-refractivity contribution in [1.29, 1.82) is 0 Å². The van der Waals surface area contributed by atoms with Crippen LogP contribution in [0.3, 0.4) is 0 Å². The zero-order valence-corrected chi connectivity index (χ0v) is 18.9. The number of likely N-dealkylation sites (tertiary alicyclic amines) is 1. The Labute approximate surface area is 193 Å². The Hall–Kier alpha value is -2.83. The molecule has 5 rings (SSSR count). The van der Waals surface area contributed by atoms with Gasteiger partial charge in [-0.05, 0) is 25.3 Å². The van der Waals surface area contributed by atoms with Gasteiger partial charge in [-0.25, -0.2) is 14.2 Å². The highest BCUT2D eigenvalue weighted by Gasteiger charge is 2.41. The molecule has 2 aliphatic rings. The summed E-state index contributed by atoms with van der Waals surface area (Å²) in [5.41, 5.74) is 2.51. The molecule has 0 saturated carbocycles. The molecule has 0 aliphatic carbocycles. The molecule has 5 nitrogen and oxygen atoms in total. The molecule has 1 aromatic heterocycles. The number of fused-ring (bicyclic) bond motifs is 1. The van der Waals surface area contributed by atoms with E-state index in [4.69, 9.17) is 4.98 Å². The average Bonchev–Trinajstić information content (AvgIpc) is 2.85. The third-order valence-electron chi connectivity index (χ3n) is 7.59. The summed E-state index contributed by atoms with van der Waals surface area (Å²) in [4.78, 5) is 17.5. The smallest absolute Gasteiger partial charge is 0.336 e. The van der Waals surface area contributed by atoms with Gasteiger partial charge in [0.25, 0.3) is 0 Å². The van der Waals surface area contributed by atoms with E-state index < -0.39 is 11.8 Å². The zero-order chi connectivity index (χ0) is 22.8. The standard InChI is InChI=1S/C27H30FN3O2/c28-23-11-7-10-21-24(27(32)33)22(25(30-26(21)23)19-8-3-1-4-9-19)18-31(16-5-2-6-17-31)20-12-14-29-15-13-20/h1,3-4,7-11,20,29H,2,5-6,12-18H2/p+1. The summed E-state index contributed by atoms with van der Waals surface area (Å²) < 4.78 is 15.7. The molecule has 2 aromatic carbocycles. The normalized spacial score (nSPS) is 18.9. The average molecular weight is 449 g/mol. The number of carboxylic acid groups (broad SMARTS) is 1. The number of nitrogens with one attached hydrogen (secondary N) is 1. The first kappa shape index (κ1) is 22.0. The number of piperidine rings is 2. The van der Waals surface area contributed by atoms with Crippen molar-refractivity contribution in [2.24, 2.45) is 0 Å². The van der Waals surface area contributed by atoms with Crippen LogP contribution in [0, 0.1) is 5.82 Å². The number of carbonyl (C=O) groups is 1. The number of aromatic carboxylic acids is 1. The zero-order valence-electron chi connectivity index (χ0n) is 18.9. The number of nitrogens with zero attached hydrogens (tertiary/aromatic N) is 2. The molecule has 2 N–H and O–H groups in total. The van der Waals surface area contributed by atoms with E-state index >= 15 is 0 Å². The summed E-state index contributed by atoms with van der Waals surface area (Å²) >= 11 is 0. The van der Waals surface area contributed by atoms with Crippen molar-refractivity contribution in [2.75, 3.05) is 26.2 Å². The van der Waals surface area contributed by atoms with Crippen molar-refractivity contribution >= 4 is 16.9 Å². The quantitative estimate of drug-likeness (QED) is 0.540. The van der Waals surface area contributed by atoms with E-state index in [1.807, 2.05) is 30.3 Å². The van der Waals surface area contributed by atoms with Crippen LogP contribution in [0.4, 0.5) is 4.39 Å². The number of rotatable bonds is 5. The maximum absolute atomic E-state index is 14.8. The fourth-order valence-electron chi connectivity index (χ4n) is 5.99. The maximum Gasteiger partial charge on any atom is 0.336 e. The van der Waals surface area contributed by atoms with E-state index in [9.17, 15) is 14.3 Å². The summed E-state index contributed by atoms with van der Waals surface area (Å²) in [5, 5.41) is 14.2. The van der Waals surface area contributed by atoms with Gasteiger partial charge in [0.2, 0.25) is 0 Å². The lowest BCUT2D eigenvalue weighted by Crippen LogP contribution is -2.60. The highest BCUT2D eigenvalue weighted by atomic mass is 19.1. The summed E-state index contributed by atoms with van der Waals surface area (Å²) in [7, 11) is 0. The fourth-order valence-corrected chi connectivity index (χ4v) is 5.99. The van der Waals surface area contributed by atoms with Gasteiger partial charge in [-0.1, -0.05) is 42.5 Å². The SMILES string of the molecule is O=C(O)c1c(C[N+]2(C3CCNCC3)CCCCC2)c(-c2ccccc2)nc2c(F)cccc12. The summed E-state index contributed by atoms with van der Waals surface area (Å²) in [6.45, 7) is 4.74. The number of aromatic nitrogens is 1. The molecular weight excluding hydrogens is 417 g/mol. The summed E-state index contributed by atoms with van der Waals surface area (Å²) in [5.74, 6) is -1.50. The number of benzene rings is 2. The number of quaternary nitrogens is 1. The molecule has 0 amide bonds. The Balaban J connectivity index is 1.75. The predicted octanol–water partition coefficient (Wildman–Crippen LogP) is 4.99. The lowest BCUT2D eigenvalue weighted by molar-refractivity contribution is -0.968. The Morgan fingerprint density at radius 2 is 1.76 bits per heavy atom. The number of hydrogen-bond donors (Lipinski definition) is 2. The molecule has 6 heteroatoms. The van der Waals surface area contributed by atoms with Gasteiger partial charge in [0.05, 0.1) is 30.4 Å². The van der Waals surface area contributed by atoms with Crippen LogP contribution < -0.4 is 5.32 Å². The molecule has 3 aromatic rings. The molecule has 0 radical (unpaired) electrons. The minimum absolute atomic E-state index is 0.129. The molecule has 2 aliphatic heterocycles. The van der Waals surface area contributed by atoms with Gasteiger partial charge in [-0.15, -0.1) is 0 Å². The molecule has 0 spiro atoms. The molecule has 0 atom stereocenters. The molecule has 2 fully saturated rings. The molecular formula is C27H31FN3O2+. The number of para-hydroxylation sites is 1. The van der Waals surface area contributed by atoms with Crippen LogP contribution in [-0.4, -0.2) is 52.8 Å². The third kappa shape index (κ3) is 4.13. The van der Waals surface area contributed by atoms with Crippen LogP contribution in [0.15, 0.2) is 48.5 Å². The third-order valence-corrected chi connectivity index (χ3v) is 7.59. The van der Waals surface area contributed by atoms with Crippen LogP contribution >= 0.6 is 0 Å². The highest BCUT2D eigenvalue weighted by Crippen LogP contribution is 2.37. The second-order valence-corrected chi connectivity index (χ2v) is 9.49. The Morgan fingerprint density at radius 3 is 2.45 bits per heavy atom. The van der Waals surface area contributed by atoms with Gasteiger partial charge in [-0.2, -0.15) is 0 Å². The first-order valence-corrected chi connectivity index (χ1v) is 12.1. The maximum atomic E-state index is 14.8. The van der Waals surface area contributed by atoms with Crippen LogP contribution in [0.1, 0.15) is 48.0 Å². The first-order chi connectivity index (χ1) is 16.1. The van der Waals surface area contributed by atoms with Crippen molar-refractivity contribution in [2.45, 2.75) is 44.7 Å². The second kappa shape index (κ2) is 9.20. The summed E-state index contributed by atoms with van der Waals surface area (Å²) in [6.07, 6.45) is 5.73. The van der Waals surface area contributed by atoms with Crippen LogP contribution in [0.5, 0.6) is 0 Å². The van der Waals surface area contributed by atoms with Crippen molar-refractivity contribution < 1.29 is 18.8 Å². The van der Waals surface area contributed by atoms with Crippen LogP contribution in [-0.2, 0) is 6.54 Å². The van der Waals surface area contributed by atoms with E-state index in [1.165, 1.54) is 12.5 Å². The van der Waals surface area contributed by atoms with E-state index in [0.29, 0.717) is 23.7 Å². The Bertz CT molecular complexity index is 1150. The van der Waals surface area contributed by atoms with E-state index in [0.717, 1.165) is 67.5 Å². The molecule has 0 unspecified atom stereocenters. The number of halogens is 1. The molecule has 172 valence electrons. The van der Waals surface area contributed by atoms with E-state index in [-0.39, 0.29) is 11.1 Å². The largest absolute Gasteiger partial charge is 0.478 e. The highest BCUT2D eigenvalue weighted by molar-refractivity contribution is 6.05. The summed E-state index contributed by atoms with van der Waals surface area (Å²) in [6, 6.07) is 14.8. The molecule has 3 heterocycles. The van der Waals surface area contributed by atoms with Crippen LogP contribution in [0.25, 0.3) is 22.2 Å². The Morgan fingerprint density at radius 1 is 1.03 bits per heavy atom. The predicted molar refractivity (Wildman–Crippen MR) is 128 cm³/mol. The molecule has 33 heavy (non-hydrogen) atoms. The van der Waals surface area contributed by atoms with E-state index in [1.54, 1.807) is 12.1 Å². The number of hydrogen-bond acceptors (Lipinski definition) is 3. The topological polar surface area (TPSA) is 62.2 Å². The van der Waals surface area contributed by atoms with Gasteiger partial charge in [-0.3, -0.25) is 0 Å². The molecule has 2 saturated heterocycles. The monoisotopic (exact) mass is 448 g/mol. The van der Waals surface area contributed by atoms with Gasteiger partial charge in [0.15, 0.2) is 0 Å². The fraction of sp³-hybridized carbons (Fsp3) is 0.407. The molecule has 0 bridgehead atoms. The van der Waals surface area contributed by atoms with Gasteiger partial charge >= 0.3 is 5.97 Å². The minimum Gasteiger partial charge on any atom is -0.478 e. The Kier molecular flexibility index (Phi) is 6.13. The van der Waals surface area contributed by atoms with Gasteiger partial charge in [0.1, 0.15) is 17.9 Å². The van der Waals surface area contributed by atoms with Crippen molar-refractivity contribution in [1.82, 2.24) is 10.3 Å². The second-order valence-electron chi connectivity index (χ2n) is 9.49. The van der Waals surface area contributed by atoms with Crippen LogP contribution in [0.2, 0.25) is 0 Å². The van der Waals surface area contributed by atoms with Crippen molar-refractivity contribution in [3.8, 4) is 11.3 Å². The van der Waals surface area contributed by atoms with Crippen molar-refractivity contribution in [3.05, 3.63) is 65.5 Å². The number of pyridine rings is 1. The lowest BCUT2D eigenvalue weighted by atomic mass is 9.91. The van der Waals surface area contributed by atoms with Gasteiger partial charge < -0.3 is 14.9 Å². The van der Waals surface area contributed by atoms with E-state index in [2.05, 4.69) is 5.32 Å².